The third kappa shape index (κ3) is 6.43. The number of hydrogen-bond donors (Lipinski definition) is 2. The maximum Gasteiger partial charge on any atom is 0.251 e. The lowest BCUT2D eigenvalue weighted by Crippen LogP contribution is -2.45. The largest absolute Gasteiger partial charge is 0.493 e. The molecule has 1 aliphatic carbocycles. The van der Waals surface area contributed by atoms with Crippen LogP contribution in [0.25, 0.3) is 0 Å². The van der Waals surface area contributed by atoms with Crippen LogP contribution in [0.5, 0.6) is 11.5 Å². The Morgan fingerprint density at radius 2 is 1.67 bits per heavy atom. The van der Waals surface area contributed by atoms with Crippen molar-refractivity contribution in [3.05, 3.63) is 59.9 Å². The molecular formula is C23H28FNO5. The number of amides is 1. The van der Waals surface area contributed by atoms with E-state index in [1.54, 1.807) is 43.5 Å². The number of aliphatic hydroxyl groups is 1. The van der Waals surface area contributed by atoms with Crippen LogP contribution in [0, 0.1) is 11.7 Å². The molecule has 0 bridgehead atoms. The average Bonchev–Trinajstić information content (AvgIpc) is 2.77. The molecule has 2 N–H and O–H groups in total. The summed E-state index contributed by atoms with van der Waals surface area (Å²) in [6.07, 6.45) is 2.79. The average molecular weight is 417 g/mol. The zero-order valence-corrected chi connectivity index (χ0v) is 17.1. The standard InChI is InChI=1S/C23H28FNO5/c1-28-16-30-21-6-2-18(3-7-21)22(26)25-15-23(27)12-10-17(11-13-23)14-29-20-8-4-19(24)5-9-20/h2-9,17,27H,10-16H2,1H3,(H,25,26)/t17-,23+. The topological polar surface area (TPSA) is 77.0 Å². The number of ether oxygens (including phenoxy) is 3. The Bertz CT molecular complexity index is 801. The van der Waals surface area contributed by atoms with Gasteiger partial charge in [0, 0.05) is 19.2 Å². The fraction of sp³-hybridized carbons (Fsp3) is 0.435. The van der Waals surface area contributed by atoms with Crippen molar-refractivity contribution in [3.63, 3.8) is 0 Å². The summed E-state index contributed by atoms with van der Waals surface area (Å²) in [6.45, 7) is 0.888. The molecule has 1 aliphatic rings. The molecule has 2 aromatic rings. The molecule has 7 heteroatoms. The van der Waals surface area contributed by atoms with E-state index in [0.29, 0.717) is 42.4 Å². The molecule has 0 spiro atoms. The van der Waals surface area contributed by atoms with Gasteiger partial charge in [0.15, 0.2) is 6.79 Å². The van der Waals surface area contributed by atoms with Crippen molar-refractivity contribution in [3.8, 4) is 11.5 Å². The fourth-order valence-electron chi connectivity index (χ4n) is 3.48. The molecule has 0 aliphatic heterocycles. The predicted molar refractivity (Wildman–Crippen MR) is 110 cm³/mol. The number of methoxy groups -OCH3 is 1. The van der Waals surface area contributed by atoms with Gasteiger partial charge in [0.2, 0.25) is 0 Å². The summed E-state index contributed by atoms with van der Waals surface area (Å²) in [7, 11) is 1.54. The normalized spacial score (nSPS) is 21.1. The van der Waals surface area contributed by atoms with E-state index >= 15 is 0 Å². The van der Waals surface area contributed by atoms with Gasteiger partial charge in [-0.25, -0.2) is 4.39 Å². The predicted octanol–water partition coefficient (Wildman–Crippen LogP) is 3.54. The zero-order chi connectivity index (χ0) is 21.4. The summed E-state index contributed by atoms with van der Waals surface area (Å²) in [5.41, 5.74) is -0.409. The van der Waals surface area contributed by atoms with Crippen molar-refractivity contribution in [1.29, 1.82) is 0 Å². The van der Waals surface area contributed by atoms with E-state index in [9.17, 15) is 14.3 Å². The molecule has 6 nitrogen and oxygen atoms in total. The van der Waals surface area contributed by atoms with Crippen molar-refractivity contribution in [2.75, 3.05) is 27.1 Å². The lowest BCUT2D eigenvalue weighted by molar-refractivity contribution is -0.0129. The second kappa shape index (κ2) is 10.4. The lowest BCUT2D eigenvalue weighted by atomic mass is 9.79. The Morgan fingerprint density at radius 3 is 2.30 bits per heavy atom. The van der Waals surface area contributed by atoms with Gasteiger partial charge in [0.05, 0.1) is 12.2 Å². The smallest absolute Gasteiger partial charge is 0.251 e. The van der Waals surface area contributed by atoms with Gasteiger partial charge in [-0.05, 0) is 80.1 Å². The van der Waals surface area contributed by atoms with Gasteiger partial charge < -0.3 is 24.6 Å². The maximum atomic E-state index is 12.9. The van der Waals surface area contributed by atoms with Crippen molar-refractivity contribution >= 4 is 5.91 Å². The number of carbonyl (C=O) groups is 1. The third-order valence-corrected chi connectivity index (χ3v) is 5.37. The van der Waals surface area contributed by atoms with Gasteiger partial charge in [-0.15, -0.1) is 0 Å². The van der Waals surface area contributed by atoms with Crippen LogP contribution < -0.4 is 14.8 Å². The Balaban J connectivity index is 1.40. The van der Waals surface area contributed by atoms with Crippen molar-refractivity contribution < 1.29 is 28.5 Å². The highest BCUT2D eigenvalue weighted by molar-refractivity contribution is 5.94. The minimum Gasteiger partial charge on any atom is -0.493 e. The van der Waals surface area contributed by atoms with Gasteiger partial charge in [-0.1, -0.05) is 0 Å². The van der Waals surface area contributed by atoms with Gasteiger partial charge in [0.1, 0.15) is 17.3 Å². The van der Waals surface area contributed by atoms with Crippen LogP contribution in [-0.4, -0.2) is 43.7 Å². The molecule has 0 aromatic heterocycles. The molecular weight excluding hydrogens is 389 g/mol. The van der Waals surface area contributed by atoms with E-state index in [4.69, 9.17) is 14.2 Å². The molecule has 0 saturated heterocycles. The molecule has 1 saturated carbocycles. The third-order valence-electron chi connectivity index (χ3n) is 5.37. The second-order valence-corrected chi connectivity index (χ2v) is 7.69. The second-order valence-electron chi connectivity index (χ2n) is 7.69. The molecule has 0 radical (unpaired) electrons. The van der Waals surface area contributed by atoms with Crippen LogP contribution in [0.4, 0.5) is 4.39 Å². The molecule has 0 atom stereocenters. The first-order valence-electron chi connectivity index (χ1n) is 10.1. The minimum absolute atomic E-state index is 0.147. The van der Waals surface area contributed by atoms with E-state index in [0.717, 1.165) is 12.8 Å². The highest BCUT2D eigenvalue weighted by Gasteiger charge is 2.33. The molecule has 162 valence electrons. The highest BCUT2D eigenvalue weighted by Crippen LogP contribution is 2.32. The SMILES string of the molecule is COCOc1ccc(C(=O)NC[C@]2(O)CC[C@@H](COc3ccc(F)cc3)CC2)cc1. The van der Waals surface area contributed by atoms with Crippen LogP contribution in [0.3, 0.4) is 0 Å². The van der Waals surface area contributed by atoms with E-state index in [1.165, 1.54) is 12.1 Å². The Kier molecular flexibility index (Phi) is 7.65. The van der Waals surface area contributed by atoms with E-state index < -0.39 is 5.60 Å². The summed E-state index contributed by atoms with van der Waals surface area (Å²) in [6, 6.07) is 12.7. The fourth-order valence-corrected chi connectivity index (χ4v) is 3.48. The first kappa shape index (κ1) is 22.1. The van der Waals surface area contributed by atoms with Crippen LogP contribution in [-0.2, 0) is 4.74 Å². The van der Waals surface area contributed by atoms with Crippen molar-refractivity contribution in [2.45, 2.75) is 31.3 Å². The molecule has 1 fully saturated rings. The summed E-state index contributed by atoms with van der Waals surface area (Å²) >= 11 is 0. The van der Waals surface area contributed by atoms with E-state index in [1.807, 2.05) is 0 Å². The summed E-state index contributed by atoms with van der Waals surface area (Å²) < 4.78 is 28.8. The summed E-state index contributed by atoms with van der Waals surface area (Å²) in [5, 5.41) is 13.6. The Morgan fingerprint density at radius 1 is 1.07 bits per heavy atom. The van der Waals surface area contributed by atoms with Gasteiger partial charge in [-0.3, -0.25) is 4.79 Å². The molecule has 0 heterocycles. The number of halogens is 1. The summed E-state index contributed by atoms with van der Waals surface area (Å²) in [5.74, 6) is 1.06. The first-order chi connectivity index (χ1) is 14.5. The molecule has 1 amide bonds. The Labute approximate surface area is 176 Å². The number of carbonyl (C=O) groups excluding carboxylic acids is 1. The van der Waals surface area contributed by atoms with Gasteiger partial charge >= 0.3 is 0 Å². The monoisotopic (exact) mass is 417 g/mol. The van der Waals surface area contributed by atoms with Crippen molar-refractivity contribution in [2.24, 2.45) is 5.92 Å². The molecule has 30 heavy (non-hydrogen) atoms. The van der Waals surface area contributed by atoms with Crippen LogP contribution in [0.15, 0.2) is 48.5 Å². The summed E-state index contributed by atoms with van der Waals surface area (Å²) in [4.78, 5) is 12.4. The molecule has 3 rings (SSSR count). The molecule has 0 unspecified atom stereocenters. The highest BCUT2D eigenvalue weighted by atomic mass is 19.1. The van der Waals surface area contributed by atoms with Gasteiger partial charge in [-0.2, -0.15) is 0 Å². The first-order valence-corrected chi connectivity index (χ1v) is 10.1. The van der Waals surface area contributed by atoms with Crippen LogP contribution in [0.1, 0.15) is 36.0 Å². The number of rotatable bonds is 9. The number of hydrogen-bond acceptors (Lipinski definition) is 5. The van der Waals surface area contributed by atoms with E-state index in [2.05, 4.69) is 5.32 Å². The maximum absolute atomic E-state index is 12.9. The van der Waals surface area contributed by atoms with Gasteiger partial charge in [0.25, 0.3) is 5.91 Å². The minimum atomic E-state index is -0.913. The van der Waals surface area contributed by atoms with E-state index in [-0.39, 0.29) is 25.1 Å². The van der Waals surface area contributed by atoms with Crippen molar-refractivity contribution in [1.82, 2.24) is 5.32 Å². The lowest BCUT2D eigenvalue weighted by Gasteiger charge is -2.36. The molecule has 2 aromatic carbocycles. The Hall–Kier alpha value is -2.64. The number of benzene rings is 2. The van der Waals surface area contributed by atoms with Crippen LogP contribution >= 0.6 is 0 Å². The van der Waals surface area contributed by atoms with Crippen LogP contribution in [0.2, 0.25) is 0 Å². The number of nitrogens with one attached hydrogen (secondary N) is 1. The zero-order valence-electron chi connectivity index (χ0n) is 17.1. The quantitative estimate of drug-likeness (QED) is 0.611.